The molecule has 0 amide bonds. The van der Waals surface area contributed by atoms with Gasteiger partial charge in [-0.05, 0) is 32.7 Å². The third-order valence-electron chi connectivity index (χ3n) is 4.89. The van der Waals surface area contributed by atoms with E-state index in [-0.39, 0.29) is 5.54 Å². The molecule has 0 aromatic rings. The first kappa shape index (κ1) is 12.9. The maximum atomic E-state index is 11.2. The zero-order valence-electron chi connectivity index (χ0n) is 11.0. The Morgan fingerprint density at radius 1 is 1.18 bits per heavy atom. The van der Waals surface area contributed by atoms with Crippen molar-refractivity contribution in [1.29, 1.82) is 0 Å². The van der Waals surface area contributed by atoms with Gasteiger partial charge in [-0.2, -0.15) is 0 Å². The van der Waals surface area contributed by atoms with Crippen LogP contribution >= 0.6 is 0 Å². The smallest absolute Gasteiger partial charge is 0.305 e. The van der Waals surface area contributed by atoms with Gasteiger partial charge in [0.1, 0.15) is 0 Å². The van der Waals surface area contributed by atoms with Gasteiger partial charge in [0.05, 0.1) is 6.42 Å². The van der Waals surface area contributed by atoms with E-state index in [1.54, 1.807) is 0 Å². The zero-order valence-corrected chi connectivity index (χ0v) is 11.0. The summed E-state index contributed by atoms with van der Waals surface area (Å²) in [4.78, 5) is 13.6. The Morgan fingerprint density at radius 2 is 1.76 bits per heavy atom. The summed E-state index contributed by atoms with van der Waals surface area (Å²) in [6.07, 6.45) is 11.3. The molecule has 2 saturated carbocycles. The first-order chi connectivity index (χ1) is 8.14. The molecule has 0 aromatic heterocycles. The van der Waals surface area contributed by atoms with Crippen molar-refractivity contribution in [3.8, 4) is 0 Å². The molecule has 0 aromatic carbocycles. The van der Waals surface area contributed by atoms with Crippen LogP contribution < -0.4 is 0 Å². The standard InChI is InChI=1S/C14H25NO2/c1-15(12-7-3-4-8-12)14(11-13(16)17)9-5-2-6-10-14/h12H,2-11H2,1H3,(H,16,17). The minimum Gasteiger partial charge on any atom is -0.481 e. The molecule has 0 spiro atoms. The van der Waals surface area contributed by atoms with Gasteiger partial charge in [-0.1, -0.05) is 32.1 Å². The fraction of sp³-hybridized carbons (Fsp3) is 0.929. The number of aliphatic carboxylic acids is 1. The number of nitrogens with zero attached hydrogens (tertiary/aromatic N) is 1. The van der Waals surface area contributed by atoms with E-state index >= 15 is 0 Å². The molecule has 0 unspecified atom stereocenters. The SMILES string of the molecule is CN(C1CCCC1)C1(CC(=O)O)CCCCC1. The largest absolute Gasteiger partial charge is 0.481 e. The highest BCUT2D eigenvalue weighted by atomic mass is 16.4. The Labute approximate surface area is 104 Å². The van der Waals surface area contributed by atoms with Gasteiger partial charge in [0.2, 0.25) is 0 Å². The van der Waals surface area contributed by atoms with Gasteiger partial charge >= 0.3 is 5.97 Å². The number of carboxylic acids is 1. The van der Waals surface area contributed by atoms with E-state index in [1.165, 1.54) is 44.9 Å². The van der Waals surface area contributed by atoms with Crippen molar-refractivity contribution >= 4 is 5.97 Å². The predicted molar refractivity (Wildman–Crippen MR) is 68.1 cm³/mol. The van der Waals surface area contributed by atoms with Crippen LogP contribution in [0.15, 0.2) is 0 Å². The van der Waals surface area contributed by atoms with Crippen LogP contribution in [0, 0.1) is 0 Å². The third-order valence-corrected chi connectivity index (χ3v) is 4.89. The molecule has 0 heterocycles. The van der Waals surface area contributed by atoms with Crippen molar-refractivity contribution in [3.05, 3.63) is 0 Å². The van der Waals surface area contributed by atoms with Crippen molar-refractivity contribution in [2.75, 3.05) is 7.05 Å². The number of hydrogen-bond acceptors (Lipinski definition) is 2. The minimum atomic E-state index is -0.628. The van der Waals surface area contributed by atoms with Crippen LogP contribution in [0.2, 0.25) is 0 Å². The van der Waals surface area contributed by atoms with E-state index in [9.17, 15) is 9.90 Å². The first-order valence-electron chi connectivity index (χ1n) is 7.09. The number of rotatable bonds is 4. The molecular formula is C14H25NO2. The normalized spacial score (nSPS) is 25.3. The third kappa shape index (κ3) is 2.82. The summed E-state index contributed by atoms with van der Waals surface area (Å²) in [5.41, 5.74) is -0.0426. The second-order valence-corrected chi connectivity index (χ2v) is 5.90. The maximum absolute atomic E-state index is 11.2. The van der Waals surface area contributed by atoms with Gasteiger partial charge in [0.15, 0.2) is 0 Å². The summed E-state index contributed by atoms with van der Waals surface area (Å²) in [7, 11) is 2.17. The van der Waals surface area contributed by atoms with E-state index in [2.05, 4.69) is 11.9 Å². The average Bonchev–Trinajstić information content (AvgIpc) is 2.81. The van der Waals surface area contributed by atoms with Gasteiger partial charge in [-0.3, -0.25) is 9.69 Å². The molecule has 0 bridgehead atoms. The van der Waals surface area contributed by atoms with E-state index in [0.717, 1.165) is 12.8 Å². The van der Waals surface area contributed by atoms with Crippen LogP contribution in [0.1, 0.15) is 64.2 Å². The fourth-order valence-electron chi connectivity index (χ4n) is 3.82. The summed E-state index contributed by atoms with van der Waals surface area (Å²) in [6.45, 7) is 0. The van der Waals surface area contributed by atoms with Crippen molar-refractivity contribution in [1.82, 2.24) is 4.90 Å². The Bertz CT molecular complexity index is 265. The van der Waals surface area contributed by atoms with Gasteiger partial charge in [-0.15, -0.1) is 0 Å². The molecule has 0 atom stereocenters. The highest BCUT2D eigenvalue weighted by Gasteiger charge is 2.41. The lowest BCUT2D eigenvalue weighted by molar-refractivity contribution is -0.141. The lowest BCUT2D eigenvalue weighted by Crippen LogP contribution is -2.53. The van der Waals surface area contributed by atoms with Crippen molar-refractivity contribution in [2.45, 2.75) is 75.8 Å². The summed E-state index contributed by atoms with van der Waals surface area (Å²) >= 11 is 0. The quantitative estimate of drug-likeness (QED) is 0.819. The highest BCUT2D eigenvalue weighted by molar-refractivity contribution is 5.68. The molecule has 2 aliphatic carbocycles. The monoisotopic (exact) mass is 239 g/mol. The van der Waals surface area contributed by atoms with Crippen molar-refractivity contribution in [2.24, 2.45) is 0 Å². The maximum Gasteiger partial charge on any atom is 0.305 e. The molecule has 3 nitrogen and oxygen atoms in total. The molecule has 0 saturated heterocycles. The van der Waals surface area contributed by atoms with Gasteiger partial charge < -0.3 is 5.11 Å². The molecule has 17 heavy (non-hydrogen) atoms. The molecular weight excluding hydrogens is 214 g/mol. The lowest BCUT2D eigenvalue weighted by atomic mass is 9.77. The minimum absolute atomic E-state index is 0.0426. The molecule has 1 N–H and O–H groups in total. The van der Waals surface area contributed by atoms with E-state index < -0.39 is 5.97 Å². The summed E-state index contributed by atoms with van der Waals surface area (Å²) < 4.78 is 0. The summed E-state index contributed by atoms with van der Waals surface area (Å²) in [5, 5.41) is 9.20. The Balaban J connectivity index is 2.09. The van der Waals surface area contributed by atoms with Crippen LogP contribution in [0.3, 0.4) is 0 Å². The highest BCUT2D eigenvalue weighted by Crippen LogP contribution is 2.39. The molecule has 0 radical (unpaired) electrons. The average molecular weight is 239 g/mol. The predicted octanol–water partition coefficient (Wildman–Crippen LogP) is 3.04. The lowest BCUT2D eigenvalue weighted by Gasteiger charge is -2.47. The fourth-order valence-corrected chi connectivity index (χ4v) is 3.82. The second-order valence-electron chi connectivity index (χ2n) is 5.90. The number of carboxylic acid groups (broad SMARTS) is 1. The topological polar surface area (TPSA) is 40.5 Å². The molecule has 2 rings (SSSR count). The van der Waals surface area contributed by atoms with Crippen LogP contribution in [0.25, 0.3) is 0 Å². The molecule has 2 aliphatic rings. The molecule has 0 aliphatic heterocycles. The number of hydrogen-bond donors (Lipinski definition) is 1. The Morgan fingerprint density at radius 3 is 2.29 bits per heavy atom. The van der Waals surface area contributed by atoms with E-state index in [4.69, 9.17) is 0 Å². The molecule has 2 fully saturated rings. The summed E-state index contributed by atoms with van der Waals surface area (Å²) in [5.74, 6) is -0.628. The van der Waals surface area contributed by atoms with Crippen molar-refractivity contribution in [3.63, 3.8) is 0 Å². The second kappa shape index (κ2) is 5.38. The van der Waals surface area contributed by atoms with Gasteiger partial charge in [-0.25, -0.2) is 0 Å². The molecule has 3 heteroatoms. The van der Waals surface area contributed by atoms with Gasteiger partial charge in [0.25, 0.3) is 0 Å². The van der Waals surface area contributed by atoms with Crippen LogP contribution in [0.5, 0.6) is 0 Å². The number of carbonyl (C=O) groups is 1. The van der Waals surface area contributed by atoms with Crippen molar-refractivity contribution < 1.29 is 9.90 Å². The van der Waals surface area contributed by atoms with Crippen LogP contribution in [-0.2, 0) is 4.79 Å². The Kier molecular flexibility index (Phi) is 4.08. The molecule has 98 valence electrons. The van der Waals surface area contributed by atoms with E-state index in [0.29, 0.717) is 12.5 Å². The first-order valence-corrected chi connectivity index (χ1v) is 7.09. The van der Waals surface area contributed by atoms with Gasteiger partial charge in [0, 0.05) is 11.6 Å². The van der Waals surface area contributed by atoms with Crippen LogP contribution in [-0.4, -0.2) is 34.6 Å². The summed E-state index contributed by atoms with van der Waals surface area (Å²) in [6, 6.07) is 0.632. The van der Waals surface area contributed by atoms with E-state index in [1.807, 2.05) is 0 Å². The van der Waals surface area contributed by atoms with Crippen LogP contribution in [0.4, 0.5) is 0 Å². The zero-order chi connectivity index (χ0) is 12.3. The Hall–Kier alpha value is -0.570.